The Hall–Kier alpha value is -2.04. The number of aromatic amines is 1. The van der Waals surface area contributed by atoms with Gasteiger partial charge in [0.1, 0.15) is 5.82 Å². The molecule has 1 fully saturated rings. The molecule has 0 bridgehead atoms. The van der Waals surface area contributed by atoms with Crippen LogP contribution < -0.4 is 9.47 Å². The van der Waals surface area contributed by atoms with Crippen LogP contribution in [-0.4, -0.2) is 29.4 Å². The molecule has 0 amide bonds. The molecule has 0 unspecified atom stereocenters. The van der Waals surface area contributed by atoms with Crippen LogP contribution in [0.4, 0.5) is 0 Å². The maximum Gasteiger partial charge on any atom is 0.181 e. The normalized spacial score (nSPS) is 15.5. The highest BCUT2D eigenvalue weighted by Crippen LogP contribution is 2.34. The fourth-order valence-corrected chi connectivity index (χ4v) is 2.76. The smallest absolute Gasteiger partial charge is 0.181 e. The lowest BCUT2D eigenvalue weighted by atomic mass is 10.1. The molecule has 3 rings (SSSR count). The highest BCUT2D eigenvalue weighted by atomic mass is 16.5. The van der Waals surface area contributed by atoms with E-state index in [0.29, 0.717) is 23.2 Å². The van der Waals surface area contributed by atoms with Crippen LogP contribution in [0.25, 0.3) is 11.4 Å². The van der Waals surface area contributed by atoms with Crippen LogP contribution in [0.15, 0.2) is 18.2 Å². The number of rotatable bonds is 4. The number of nitrogens with zero attached hydrogens (tertiary/aromatic N) is 2. The largest absolute Gasteiger partial charge is 0.493 e. The molecule has 1 aromatic carbocycles. The summed E-state index contributed by atoms with van der Waals surface area (Å²) < 4.78 is 10.6. The molecule has 1 aliphatic carbocycles. The Kier molecular flexibility index (Phi) is 3.58. The zero-order valence-electron chi connectivity index (χ0n) is 11.8. The van der Waals surface area contributed by atoms with Crippen molar-refractivity contribution in [1.29, 1.82) is 0 Å². The molecular formula is C15H19N3O2. The summed E-state index contributed by atoms with van der Waals surface area (Å²) in [6, 6.07) is 5.73. The van der Waals surface area contributed by atoms with Gasteiger partial charge in [0, 0.05) is 11.5 Å². The minimum Gasteiger partial charge on any atom is -0.493 e. The first-order valence-corrected chi connectivity index (χ1v) is 6.96. The third-order valence-corrected chi connectivity index (χ3v) is 3.89. The SMILES string of the molecule is COc1ccc(-c2n[nH]c(C3CCCC3)n2)cc1OC. The molecule has 5 nitrogen and oxygen atoms in total. The van der Waals surface area contributed by atoms with Crippen molar-refractivity contribution in [2.24, 2.45) is 0 Å². The average molecular weight is 273 g/mol. The minimum absolute atomic E-state index is 0.538. The zero-order chi connectivity index (χ0) is 13.9. The number of H-pyrrole nitrogens is 1. The molecule has 2 aromatic rings. The van der Waals surface area contributed by atoms with Crippen molar-refractivity contribution < 1.29 is 9.47 Å². The molecule has 0 saturated heterocycles. The Morgan fingerprint density at radius 1 is 1.10 bits per heavy atom. The summed E-state index contributed by atoms with van der Waals surface area (Å²) in [5.74, 6) is 3.66. The van der Waals surface area contributed by atoms with Gasteiger partial charge in [-0.2, -0.15) is 5.10 Å². The van der Waals surface area contributed by atoms with E-state index in [1.54, 1.807) is 14.2 Å². The van der Waals surface area contributed by atoms with E-state index in [0.717, 1.165) is 11.4 Å². The van der Waals surface area contributed by atoms with E-state index in [4.69, 9.17) is 9.47 Å². The molecule has 0 atom stereocenters. The molecule has 5 heteroatoms. The van der Waals surface area contributed by atoms with Crippen LogP contribution in [-0.2, 0) is 0 Å². The van der Waals surface area contributed by atoms with Crippen LogP contribution in [0.2, 0.25) is 0 Å². The van der Waals surface area contributed by atoms with Gasteiger partial charge in [-0.1, -0.05) is 12.8 Å². The van der Waals surface area contributed by atoms with Crippen LogP contribution in [0.1, 0.15) is 37.4 Å². The summed E-state index contributed by atoms with van der Waals surface area (Å²) in [6.07, 6.45) is 5.00. The minimum atomic E-state index is 0.538. The van der Waals surface area contributed by atoms with Crippen molar-refractivity contribution in [3.63, 3.8) is 0 Å². The Morgan fingerprint density at radius 3 is 2.55 bits per heavy atom. The summed E-state index contributed by atoms with van der Waals surface area (Å²) in [6.45, 7) is 0. The molecule has 1 heterocycles. The number of benzene rings is 1. The fraction of sp³-hybridized carbons (Fsp3) is 0.467. The Balaban J connectivity index is 1.88. The maximum atomic E-state index is 5.31. The lowest BCUT2D eigenvalue weighted by Gasteiger charge is -2.07. The number of hydrogen-bond donors (Lipinski definition) is 1. The zero-order valence-corrected chi connectivity index (χ0v) is 11.8. The van der Waals surface area contributed by atoms with Crippen molar-refractivity contribution in [3.05, 3.63) is 24.0 Å². The molecule has 0 aliphatic heterocycles. The number of nitrogens with one attached hydrogen (secondary N) is 1. The summed E-state index contributed by atoms with van der Waals surface area (Å²) in [4.78, 5) is 4.63. The topological polar surface area (TPSA) is 60.0 Å². The van der Waals surface area contributed by atoms with E-state index in [1.807, 2.05) is 18.2 Å². The van der Waals surface area contributed by atoms with Crippen LogP contribution >= 0.6 is 0 Å². The van der Waals surface area contributed by atoms with E-state index in [1.165, 1.54) is 25.7 Å². The van der Waals surface area contributed by atoms with Crippen LogP contribution in [0.5, 0.6) is 11.5 Å². The average Bonchev–Trinajstić information content (AvgIpc) is 3.16. The summed E-state index contributed by atoms with van der Waals surface area (Å²) in [7, 11) is 3.26. The summed E-state index contributed by atoms with van der Waals surface area (Å²) in [5, 5.41) is 7.41. The molecule has 1 saturated carbocycles. The fourth-order valence-electron chi connectivity index (χ4n) is 2.76. The van der Waals surface area contributed by atoms with Crippen LogP contribution in [0.3, 0.4) is 0 Å². The second-order valence-corrected chi connectivity index (χ2v) is 5.10. The third-order valence-electron chi connectivity index (χ3n) is 3.89. The van der Waals surface area contributed by atoms with E-state index in [2.05, 4.69) is 15.2 Å². The van der Waals surface area contributed by atoms with E-state index < -0.39 is 0 Å². The van der Waals surface area contributed by atoms with Gasteiger partial charge < -0.3 is 9.47 Å². The van der Waals surface area contributed by atoms with Gasteiger partial charge >= 0.3 is 0 Å². The molecule has 1 aliphatic rings. The van der Waals surface area contributed by atoms with Gasteiger partial charge in [0.2, 0.25) is 0 Å². The maximum absolute atomic E-state index is 5.31. The van der Waals surface area contributed by atoms with Gasteiger partial charge in [0.05, 0.1) is 14.2 Å². The molecule has 1 N–H and O–H groups in total. The van der Waals surface area contributed by atoms with Gasteiger partial charge in [-0.25, -0.2) is 4.98 Å². The first-order valence-electron chi connectivity index (χ1n) is 6.96. The van der Waals surface area contributed by atoms with Gasteiger partial charge in [-0.15, -0.1) is 0 Å². The Morgan fingerprint density at radius 2 is 1.85 bits per heavy atom. The predicted molar refractivity (Wildman–Crippen MR) is 76.1 cm³/mol. The van der Waals surface area contributed by atoms with E-state index in [9.17, 15) is 0 Å². The lowest BCUT2D eigenvalue weighted by Crippen LogP contribution is -1.94. The third kappa shape index (κ3) is 2.35. The quantitative estimate of drug-likeness (QED) is 0.929. The van der Waals surface area contributed by atoms with Gasteiger partial charge in [-0.05, 0) is 31.0 Å². The van der Waals surface area contributed by atoms with Crippen molar-refractivity contribution >= 4 is 0 Å². The first-order chi connectivity index (χ1) is 9.81. The van der Waals surface area contributed by atoms with Crippen molar-refractivity contribution in [2.75, 3.05) is 14.2 Å². The van der Waals surface area contributed by atoms with Crippen molar-refractivity contribution in [1.82, 2.24) is 15.2 Å². The summed E-state index contributed by atoms with van der Waals surface area (Å²) in [5.41, 5.74) is 0.933. The standard InChI is InChI=1S/C15H19N3O2/c1-19-12-8-7-11(9-13(12)20-2)15-16-14(17-18-15)10-5-3-4-6-10/h7-10H,3-6H2,1-2H3,(H,16,17,18). The number of methoxy groups -OCH3 is 2. The van der Waals surface area contributed by atoms with Gasteiger partial charge in [-0.3, -0.25) is 5.10 Å². The first kappa shape index (κ1) is 13.0. The predicted octanol–water partition coefficient (Wildman–Crippen LogP) is 3.15. The molecule has 20 heavy (non-hydrogen) atoms. The van der Waals surface area contributed by atoms with Crippen LogP contribution in [0, 0.1) is 0 Å². The summed E-state index contributed by atoms with van der Waals surface area (Å²) >= 11 is 0. The molecule has 0 radical (unpaired) electrons. The number of aromatic nitrogens is 3. The van der Waals surface area contributed by atoms with Gasteiger partial charge in [0.15, 0.2) is 17.3 Å². The number of hydrogen-bond acceptors (Lipinski definition) is 4. The van der Waals surface area contributed by atoms with Crippen molar-refractivity contribution in [3.8, 4) is 22.9 Å². The molecule has 106 valence electrons. The monoisotopic (exact) mass is 273 g/mol. The molecular weight excluding hydrogens is 254 g/mol. The number of ether oxygens (including phenoxy) is 2. The highest BCUT2D eigenvalue weighted by molar-refractivity contribution is 5.60. The lowest BCUT2D eigenvalue weighted by molar-refractivity contribution is 0.355. The Labute approximate surface area is 118 Å². The molecule has 0 spiro atoms. The van der Waals surface area contributed by atoms with E-state index >= 15 is 0 Å². The second-order valence-electron chi connectivity index (χ2n) is 5.10. The van der Waals surface area contributed by atoms with Gasteiger partial charge in [0.25, 0.3) is 0 Å². The van der Waals surface area contributed by atoms with Crippen molar-refractivity contribution in [2.45, 2.75) is 31.6 Å². The van der Waals surface area contributed by atoms with E-state index in [-0.39, 0.29) is 0 Å². The molecule has 1 aromatic heterocycles. The Bertz CT molecular complexity index is 589. The second kappa shape index (κ2) is 5.53. The highest BCUT2D eigenvalue weighted by Gasteiger charge is 2.21.